The van der Waals surface area contributed by atoms with Gasteiger partial charge in [0.05, 0.1) is 11.1 Å². The lowest BCUT2D eigenvalue weighted by molar-refractivity contribution is -0.133. The summed E-state index contributed by atoms with van der Waals surface area (Å²) in [6.45, 7) is 9.58. The standard InChI is InChI=1S/C31H32O9/c1-18(2)8-7-14-31(6)15-13-24-29(36)25(17-28(30(24)40-31)39-21(5)34)26(35)11-9-22-16-23(37-19(3)32)10-12-27(22)38-20(4)33/h8-13,15-17,36H,7,14H2,1-6H3. The zero-order valence-corrected chi connectivity index (χ0v) is 23.3. The lowest BCUT2D eigenvalue weighted by Crippen LogP contribution is -2.32. The third kappa shape index (κ3) is 7.69. The Morgan fingerprint density at radius 3 is 2.20 bits per heavy atom. The molecule has 0 fully saturated rings. The highest BCUT2D eigenvalue weighted by Gasteiger charge is 2.32. The molecule has 1 aliphatic rings. The van der Waals surface area contributed by atoms with E-state index in [4.69, 9.17) is 18.9 Å². The maximum atomic E-state index is 13.2. The highest BCUT2D eigenvalue weighted by atomic mass is 16.6. The lowest BCUT2D eigenvalue weighted by atomic mass is 9.92. The van der Waals surface area contributed by atoms with Crippen LogP contribution in [0.1, 0.15) is 75.9 Å². The number of aromatic hydroxyl groups is 1. The van der Waals surface area contributed by atoms with E-state index >= 15 is 0 Å². The van der Waals surface area contributed by atoms with Gasteiger partial charge in [0.25, 0.3) is 0 Å². The summed E-state index contributed by atoms with van der Waals surface area (Å²) in [5, 5.41) is 11.0. The number of esters is 3. The zero-order chi connectivity index (χ0) is 29.6. The Bertz CT molecular complexity index is 1440. The Morgan fingerprint density at radius 1 is 0.925 bits per heavy atom. The van der Waals surface area contributed by atoms with Crippen molar-refractivity contribution < 1.29 is 43.2 Å². The fourth-order valence-corrected chi connectivity index (χ4v) is 4.03. The Balaban J connectivity index is 2.00. The van der Waals surface area contributed by atoms with Crippen molar-refractivity contribution in [2.45, 2.75) is 60.0 Å². The maximum Gasteiger partial charge on any atom is 0.308 e. The summed E-state index contributed by atoms with van der Waals surface area (Å²) in [7, 11) is 0. The van der Waals surface area contributed by atoms with E-state index in [0.717, 1.165) is 12.5 Å². The van der Waals surface area contributed by atoms with Gasteiger partial charge in [-0.15, -0.1) is 0 Å². The van der Waals surface area contributed by atoms with Crippen LogP contribution in [-0.4, -0.2) is 34.4 Å². The summed E-state index contributed by atoms with van der Waals surface area (Å²) in [6.07, 6.45) is 9.41. The molecule has 1 unspecified atom stereocenters. The topological polar surface area (TPSA) is 125 Å². The maximum absolute atomic E-state index is 13.2. The Morgan fingerprint density at radius 2 is 1.57 bits per heavy atom. The van der Waals surface area contributed by atoms with E-state index in [9.17, 15) is 24.3 Å². The minimum Gasteiger partial charge on any atom is -0.506 e. The van der Waals surface area contributed by atoms with E-state index in [1.807, 2.05) is 20.8 Å². The van der Waals surface area contributed by atoms with Crippen molar-refractivity contribution in [2.24, 2.45) is 0 Å². The first-order valence-electron chi connectivity index (χ1n) is 12.6. The van der Waals surface area contributed by atoms with Gasteiger partial charge in [0.1, 0.15) is 22.8 Å². The number of phenols is 1. The molecule has 40 heavy (non-hydrogen) atoms. The van der Waals surface area contributed by atoms with Gasteiger partial charge in [-0.2, -0.15) is 0 Å². The molecule has 1 aliphatic heterocycles. The molecule has 3 rings (SSSR count). The lowest BCUT2D eigenvalue weighted by Gasteiger charge is -2.33. The molecule has 1 N–H and O–H groups in total. The van der Waals surface area contributed by atoms with Gasteiger partial charge in [-0.1, -0.05) is 11.6 Å². The first-order chi connectivity index (χ1) is 18.8. The summed E-state index contributed by atoms with van der Waals surface area (Å²) in [6, 6.07) is 5.54. The molecule has 0 spiro atoms. The minimum absolute atomic E-state index is 0.00713. The van der Waals surface area contributed by atoms with Crippen LogP contribution in [0.2, 0.25) is 0 Å². The van der Waals surface area contributed by atoms with Crippen molar-refractivity contribution in [3.8, 4) is 28.7 Å². The fraction of sp³-hybridized carbons (Fsp3) is 0.290. The predicted octanol–water partition coefficient (Wildman–Crippen LogP) is 5.97. The van der Waals surface area contributed by atoms with Crippen LogP contribution in [0.3, 0.4) is 0 Å². The van der Waals surface area contributed by atoms with Crippen LogP contribution in [0.15, 0.2) is 48.1 Å². The van der Waals surface area contributed by atoms with Crippen LogP contribution in [0.5, 0.6) is 28.7 Å². The molecule has 0 saturated carbocycles. The van der Waals surface area contributed by atoms with Crippen LogP contribution in [0.25, 0.3) is 12.2 Å². The first-order valence-corrected chi connectivity index (χ1v) is 12.6. The van der Waals surface area contributed by atoms with Crippen molar-refractivity contribution in [1.29, 1.82) is 0 Å². The van der Waals surface area contributed by atoms with Crippen LogP contribution in [0.4, 0.5) is 0 Å². The smallest absolute Gasteiger partial charge is 0.308 e. The number of benzene rings is 2. The summed E-state index contributed by atoms with van der Waals surface area (Å²) in [5.74, 6) is -2.28. The van der Waals surface area contributed by atoms with E-state index in [-0.39, 0.29) is 45.4 Å². The molecule has 2 aromatic rings. The molecule has 2 aromatic carbocycles. The molecule has 0 bridgehead atoms. The molecular weight excluding hydrogens is 516 g/mol. The van der Waals surface area contributed by atoms with Crippen molar-refractivity contribution in [2.75, 3.05) is 0 Å². The van der Waals surface area contributed by atoms with Crippen molar-refractivity contribution in [3.05, 3.63) is 64.8 Å². The van der Waals surface area contributed by atoms with E-state index in [1.54, 1.807) is 12.2 Å². The SMILES string of the molecule is CC(=O)Oc1ccc(OC(C)=O)c(C=CC(=O)c2cc(OC(C)=O)c3c(c2O)C=CC(C)(CCC=C(C)C)O3)c1. The largest absolute Gasteiger partial charge is 0.506 e. The molecule has 1 heterocycles. The summed E-state index contributed by atoms with van der Waals surface area (Å²) >= 11 is 0. The van der Waals surface area contributed by atoms with E-state index in [1.165, 1.54) is 56.7 Å². The van der Waals surface area contributed by atoms with Crippen LogP contribution in [0, 0.1) is 0 Å². The molecule has 1 atom stereocenters. The van der Waals surface area contributed by atoms with Gasteiger partial charge in [0.15, 0.2) is 17.3 Å². The highest BCUT2D eigenvalue weighted by molar-refractivity contribution is 6.10. The molecule has 0 radical (unpaired) electrons. The normalized spacial score (nSPS) is 15.6. The molecule has 9 nitrogen and oxygen atoms in total. The number of fused-ring (bicyclic) bond motifs is 1. The third-order valence-electron chi connectivity index (χ3n) is 5.82. The highest BCUT2D eigenvalue weighted by Crippen LogP contribution is 2.46. The number of hydrogen-bond donors (Lipinski definition) is 1. The number of ether oxygens (including phenoxy) is 4. The molecule has 0 aromatic heterocycles. The van der Waals surface area contributed by atoms with Crippen molar-refractivity contribution in [3.63, 3.8) is 0 Å². The summed E-state index contributed by atoms with van der Waals surface area (Å²) in [5.41, 5.74) is 0.781. The second kappa shape index (κ2) is 12.5. The third-order valence-corrected chi connectivity index (χ3v) is 5.82. The summed E-state index contributed by atoms with van der Waals surface area (Å²) < 4.78 is 21.8. The second-order valence-corrected chi connectivity index (χ2v) is 9.76. The zero-order valence-electron chi connectivity index (χ0n) is 23.3. The average molecular weight is 549 g/mol. The van der Waals surface area contributed by atoms with Crippen LogP contribution < -0.4 is 18.9 Å². The van der Waals surface area contributed by atoms with E-state index in [2.05, 4.69) is 6.08 Å². The summed E-state index contributed by atoms with van der Waals surface area (Å²) in [4.78, 5) is 48.0. The van der Waals surface area contributed by atoms with Gasteiger partial charge in [-0.25, -0.2) is 0 Å². The monoisotopic (exact) mass is 548 g/mol. The number of carbonyl (C=O) groups excluding carboxylic acids is 4. The van der Waals surface area contributed by atoms with Crippen molar-refractivity contribution in [1.82, 2.24) is 0 Å². The van der Waals surface area contributed by atoms with Gasteiger partial charge in [-0.05, 0) is 82.2 Å². The van der Waals surface area contributed by atoms with Gasteiger partial charge < -0.3 is 24.1 Å². The molecule has 0 amide bonds. The predicted molar refractivity (Wildman–Crippen MR) is 149 cm³/mol. The Kier molecular flexibility index (Phi) is 9.31. The van der Waals surface area contributed by atoms with Gasteiger partial charge in [0, 0.05) is 26.3 Å². The molecule has 0 saturated heterocycles. The average Bonchev–Trinajstić information content (AvgIpc) is 2.84. The Labute approximate surface area is 232 Å². The second-order valence-electron chi connectivity index (χ2n) is 9.76. The molecular formula is C31H32O9. The van der Waals surface area contributed by atoms with Crippen molar-refractivity contribution >= 4 is 35.8 Å². The fourth-order valence-electron chi connectivity index (χ4n) is 4.03. The number of hydrogen-bond acceptors (Lipinski definition) is 9. The number of carbonyl (C=O) groups is 4. The number of rotatable bonds is 9. The first kappa shape index (κ1) is 29.9. The quantitative estimate of drug-likeness (QED) is 0.132. The van der Waals surface area contributed by atoms with E-state index < -0.39 is 29.3 Å². The van der Waals surface area contributed by atoms with Gasteiger partial charge >= 0.3 is 17.9 Å². The van der Waals surface area contributed by atoms with E-state index in [0.29, 0.717) is 6.42 Å². The van der Waals surface area contributed by atoms with Gasteiger partial charge in [-0.3, -0.25) is 19.2 Å². The Hall–Kier alpha value is -4.66. The molecule has 210 valence electrons. The number of allylic oxidation sites excluding steroid dienone is 3. The van der Waals surface area contributed by atoms with Gasteiger partial charge in [0.2, 0.25) is 0 Å². The number of phenolic OH excluding ortho intramolecular Hbond substituents is 1. The minimum atomic E-state index is -0.730. The molecule has 0 aliphatic carbocycles. The number of ketones is 1. The van der Waals surface area contributed by atoms with Crippen LogP contribution >= 0.6 is 0 Å². The molecule has 9 heteroatoms. The van der Waals surface area contributed by atoms with Crippen LogP contribution in [-0.2, 0) is 14.4 Å².